The average Bonchev–Trinajstić information content (AvgIpc) is 3.03. The maximum absolute atomic E-state index is 10.7. The molecule has 0 fully saturated rings. The Morgan fingerprint density at radius 1 is 1.30 bits per heavy atom. The number of aliphatic hydroxyl groups is 1. The monoisotopic (exact) mass is 334 g/mol. The summed E-state index contributed by atoms with van der Waals surface area (Å²) in [5.74, 6) is 0. The molecule has 0 radical (unpaired) electrons. The van der Waals surface area contributed by atoms with E-state index in [0.717, 1.165) is 34.2 Å². The van der Waals surface area contributed by atoms with Gasteiger partial charge < -0.3 is 5.11 Å². The van der Waals surface area contributed by atoms with E-state index >= 15 is 0 Å². The van der Waals surface area contributed by atoms with E-state index in [1.165, 1.54) is 0 Å². The van der Waals surface area contributed by atoms with Gasteiger partial charge in [0.2, 0.25) is 0 Å². The fraction of sp³-hybridized carbons (Fsp3) is 0.286. The largest absolute Gasteiger partial charge is 0.382 e. The molecule has 1 unspecified atom stereocenters. The summed E-state index contributed by atoms with van der Waals surface area (Å²) in [5.41, 5.74) is 2.45. The van der Waals surface area contributed by atoms with Crippen LogP contribution in [0.2, 0.25) is 0 Å². The zero-order valence-corrected chi connectivity index (χ0v) is 12.7. The molecule has 0 bridgehead atoms. The molecule has 0 amide bonds. The number of aliphatic hydroxyl groups excluding tert-OH is 1. The van der Waals surface area contributed by atoms with Crippen molar-refractivity contribution in [1.82, 2.24) is 19.4 Å². The average molecular weight is 335 g/mol. The van der Waals surface area contributed by atoms with Crippen LogP contribution in [0.15, 0.2) is 41.3 Å². The summed E-state index contributed by atoms with van der Waals surface area (Å²) >= 11 is 3.47. The Balaban J connectivity index is 2.08. The van der Waals surface area contributed by atoms with Crippen LogP contribution in [-0.4, -0.2) is 24.5 Å². The van der Waals surface area contributed by atoms with E-state index in [-0.39, 0.29) is 0 Å². The normalized spacial score (nSPS) is 12.9. The lowest BCUT2D eigenvalue weighted by molar-refractivity contribution is 0.208. The Kier molecular flexibility index (Phi) is 3.58. The molecular weight excluding hydrogens is 320 g/mol. The van der Waals surface area contributed by atoms with E-state index in [4.69, 9.17) is 0 Å². The maximum atomic E-state index is 10.7. The van der Waals surface area contributed by atoms with Crippen LogP contribution < -0.4 is 0 Å². The molecular formula is C14H15BrN4O. The Morgan fingerprint density at radius 3 is 2.95 bits per heavy atom. The maximum Gasteiger partial charge on any atom is 0.125 e. The van der Waals surface area contributed by atoms with Gasteiger partial charge in [0.05, 0.1) is 28.1 Å². The van der Waals surface area contributed by atoms with Crippen LogP contribution in [0.4, 0.5) is 0 Å². The van der Waals surface area contributed by atoms with Gasteiger partial charge in [0.1, 0.15) is 6.10 Å². The van der Waals surface area contributed by atoms with Crippen LogP contribution in [0.3, 0.4) is 0 Å². The quantitative estimate of drug-likeness (QED) is 0.798. The predicted molar refractivity (Wildman–Crippen MR) is 79.5 cm³/mol. The van der Waals surface area contributed by atoms with Gasteiger partial charge in [-0.2, -0.15) is 10.2 Å². The fourth-order valence-corrected chi connectivity index (χ4v) is 2.86. The zero-order chi connectivity index (χ0) is 14.1. The van der Waals surface area contributed by atoms with Crippen LogP contribution >= 0.6 is 15.9 Å². The molecule has 20 heavy (non-hydrogen) atoms. The van der Waals surface area contributed by atoms with Crippen molar-refractivity contribution >= 4 is 21.4 Å². The summed E-state index contributed by atoms with van der Waals surface area (Å²) in [7, 11) is 0. The van der Waals surface area contributed by atoms with E-state index in [1.54, 1.807) is 16.9 Å². The summed E-state index contributed by atoms with van der Waals surface area (Å²) < 4.78 is 4.41. The van der Waals surface area contributed by atoms with Crippen molar-refractivity contribution in [2.45, 2.75) is 26.0 Å². The van der Waals surface area contributed by atoms with Gasteiger partial charge in [-0.05, 0) is 34.5 Å². The number of hydrogen-bond acceptors (Lipinski definition) is 3. The first-order valence-corrected chi connectivity index (χ1v) is 7.33. The molecule has 0 spiro atoms. The lowest BCUT2D eigenvalue weighted by atomic mass is 10.1. The fourth-order valence-electron chi connectivity index (χ4n) is 2.35. The number of aryl methyl sites for hydroxylation is 1. The van der Waals surface area contributed by atoms with Gasteiger partial charge in [0.15, 0.2) is 0 Å². The minimum absolute atomic E-state index is 0.752. The molecule has 0 aromatic carbocycles. The zero-order valence-electron chi connectivity index (χ0n) is 11.1. The first-order chi connectivity index (χ1) is 9.72. The molecule has 0 aliphatic carbocycles. The second-order valence-corrected chi connectivity index (χ2v) is 5.49. The molecule has 3 aromatic heterocycles. The van der Waals surface area contributed by atoms with Gasteiger partial charge in [-0.25, -0.2) is 4.52 Å². The molecule has 3 rings (SSSR count). The molecule has 0 saturated carbocycles. The Labute approximate surface area is 125 Å². The van der Waals surface area contributed by atoms with Crippen LogP contribution in [-0.2, 0) is 6.54 Å². The Hall–Kier alpha value is -1.66. The summed E-state index contributed by atoms with van der Waals surface area (Å²) in [5, 5.41) is 19.3. The van der Waals surface area contributed by atoms with E-state index in [9.17, 15) is 5.11 Å². The van der Waals surface area contributed by atoms with Crippen LogP contribution in [0.1, 0.15) is 30.7 Å². The number of nitrogens with zero attached hydrogens (tertiary/aromatic N) is 4. The third kappa shape index (κ3) is 2.14. The minimum atomic E-state index is -0.752. The van der Waals surface area contributed by atoms with E-state index in [1.807, 2.05) is 29.1 Å². The molecule has 3 heterocycles. The number of halogens is 1. The topological polar surface area (TPSA) is 55.3 Å². The van der Waals surface area contributed by atoms with Crippen LogP contribution in [0, 0.1) is 0 Å². The summed E-state index contributed by atoms with van der Waals surface area (Å²) in [6, 6.07) is 5.79. The second-order valence-electron chi connectivity index (χ2n) is 4.63. The van der Waals surface area contributed by atoms with Crippen molar-refractivity contribution in [1.29, 1.82) is 0 Å². The molecule has 1 N–H and O–H groups in total. The Morgan fingerprint density at radius 2 is 2.15 bits per heavy atom. The molecule has 0 aliphatic heterocycles. The third-order valence-electron chi connectivity index (χ3n) is 3.28. The number of fused-ring (bicyclic) bond motifs is 1. The second kappa shape index (κ2) is 5.38. The molecule has 0 aliphatic rings. The van der Waals surface area contributed by atoms with Crippen molar-refractivity contribution in [3.05, 3.63) is 52.5 Å². The molecule has 1 atom stereocenters. The summed E-state index contributed by atoms with van der Waals surface area (Å²) in [6.07, 6.45) is 5.50. The summed E-state index contributed by atoms with van der Waals surface area (Å²) in [4.78, 5) is 0. The van der Waals surface area contributed by atoms with Gasteiger partial charge in [0, 0.05) is 18.3 Å². The number of hydrogen-bond donors (Lipinski definition) is 1. The SMILES string of the molecule is CCCn1ncc(Br)c1C(O)c1cnn2ccccc12. The van der Waals surface area contributed by atoms with Crippen molar-refractivity contribution < 1.29 is 5.11 Å². The van der Waals surface area contributed by atoms with E-state index in [2.05, 4.69) is 33.1 Å². The molecule has 104 valence electrons. The molecule has 6 heteroatoms. The van der Waals surface area contributed by atoms with Crippen molar-refractivity contribution in [2.24, 2.45) is 0 Å². The van der Waals surface area contributed by atoms with Gasteiger partial charge in [-0.3, -0.25) is 4.68 Å². The van der Waals surface area contributed by atoms with E-state index < -0.39 is 6.10 Å². The summed E-state index contributed by atoms with van der Waals surface area (Å²) in [6.45, 7) is 2.86. The molecule has 0 saturated heterocycles. The van der Waals surface area contributed by atoms with Gasteiger partial charge >= 0.3 is 0 Å². The lowest BCUT2D eigenvalue weighted by Crippen LogP contribution is -2.10. The first kappa shape index (κ1) is 13.3. The van der Waals surface area contributed by atoms with Gasteiger partial charge in [-0.15, -0.1) is 0 Å². The highest BCUT2D eigenvalue weighted by Gasteiger charge is 2.22. The van der Waals surface area contributed by atoms with Crippen molar-refractivity contribution in [3.63, 3.8) is 0 Å². The highest BCUT2D eigenvalue weighted by molar-refractivity contribution is 9.10. The number of rotatable bonds is 4. The standard InChI is InChI=1S/C14H15BrN4O/c1-2-6-19-13(11(15)9-17-19)14(20)10-8-16-18-7-4-3-5-12(10)18/h3-5,7-9,14,20H,2,6H2,1H3. The highest BCUT2D eigenvalue weighted by Crippen LogP contribution is 2.30. The highest BCUT2D eigenvalue weighted by atomic mass is 79.9. The molecule has 5 nitrogen and oxygen atoms in total. The number of pyridine rings is 1. The van der Waals surface area contributed by atoms with Crippen molar-refractivity contribution in [2.75, 3.05) is 0 Å². The first-order valence-electron chi connectivity index (χ1n) is 6.54. The smallest absolute Gasteiger partial charge is 0.125 e. The predicted octanol–water partition coefficient (Wildman–Crippen LogP) is 2.79. The van der Waals surface area contributed by atoms with E-state index in [0.29, 0.717) is 0 Å². The number of aromatic nitrogens is 4. The Bertz CT molecular complexity index is 734. The molecule has 3 aromatic rings. The van der Waals surface area contributed by atoms with Gasteiger partial charge in [0.25, 0.3) is 0 Å². The lowest BCUT2D eigenvalue weighted by Gasteiger charge is -2.13. The minimum Gasteiger partial charge on any atom is -0.382 e. The third-order valence-corrected chi connectivity index (χ3v) is 3.89. The van der Waals surface area contributed by atoms with Crippen molar-refractivity contribution in [3.8, 4) is 0 Å². The van der Waals surface area contributed by atoms with Gasteiger partial charge in [-0.1, -0.05) is 13.0 Å². The van der Waals surface area contributed by atoms with Crippen LogP contribution in [0.25, 0.3) is 5.52 Å². The van der Waals surface area contributed by atoms with Crippen LogP contribution in [0.5, 0.6) is 0 Å².